The van der Waals surface area contributed by atoms with Crippen LogP contribution in [0.2, 0.25) is 0 Å². The second kappa shape index (κ2) is 5.38. The first-order valence-corrected chi connectivity index (χ1v) is 6.09. The zero-order chi connectivity index (χ0) is 12.3. The van der Waals surface area contributed by atoms with Gasteiger partial charge in [0, 0.05) is 30.9 Å². The highest BCUT2D eigenvalue weighted by Gasteiger charge is 2.19. The lowest BCUT2D eigenvalue weighted by Gasteiger charge is -2.31. The Morgan fingerprint density at radius 1 is 1.41 bits per heavy atom. The summed E-state index contributed by atoms with van der Waals surface area (Å²) < 4.78 is 0. The first-order valence-electron chi connectivity index (χ1n) is 6.09. The summed E-state index contributed by atoms with van der Waals surface area (Å²) in [5.41, 5.74) is 7.26. The number of piperidine rings is 1. The van der Waals surface area contributed by atoms with Gasteiger partial charge in [-0.2, -0.15) is 0 Å². The monoisotopic (exact) mass is 236 g/mol. The molecular weight excluding hydrogens is 216 g/mol. The largest absolute Gasteiger partial charge is 0.508 e. The standard InChI is InChI=1S/C13H20N2O2/c14-12-3-4-13(17)11(6-12)8-15-5-1-2-10(7-15)9-16/h3-4,6,10,16-17H,1-2,5,7-9,14H2. The lowest BCUT2D eigenvalue weighted by Crippen LogP contribution is -2.36. The predicted molar refractivity (Wildman–Crippen MR) is 67.6 cm³/mol. The highest BCUT2D eigenvalue weighted by Crippen LogP contribution is 2.24. The molecule has 1 aliphatic heterocycles. The van der Waals surface area contributed by atoms with E-state index in [1.54, 1.807) is 12.1 Å². The molecule has 0 aliphatic carbocycles. The topological polar surface area (TPSA) is 69.7 Å². The van der Waals surface area contributed by atoms with E-state index >= 15 is 0 Å². The highest BCUT2D eigenvalue weighted by molar-refractivity contribution is 5.47. The van der Waals surface area contributed by atoms with Gasteiger partial charge in [-0.05, 0) is 43.5 Å². The number of nitrogens with two attached hydrogens (primary N) is 1. The van der Waals surface area contributed by atoms with Gasteiger partial charge in [0.05, 0.1) is 0 Å². The van der Waals surface area contributed by atoms with E-state index in [1.807, 2.05) is 6.07 Å². The van der Waals surface area contributed by atoms with Crippen molar-refractivity contribution in [3.63, 3.8) is 0 Å². The Morgan fingerprint density at radius 2 is 2.24 bits per heavy atom. The molecule has 0 radical (unpaired) electrons. The SMILES string of the molecule is Nc1ccc(O)c(CN2CCCC(CO)C2)c1. The molecule has 4 N–H and O–H groups in total. The van der Waals surface area contributed by atoms with Crippen molar-refractivity contribution in [2.75, 3.05) is 25.4 Å². The van der Waals surface area contributed by atoms with Gasteiger partial charge < -0.3 is 15.9 Å². The summed E-state index contributed by atoms with van der Waals surface area (Å²) in [5, 5.41) is 18.9. The van der Waals surface area contributed by atoms with Crippen LogP contribution in [-0.2, 0) is 6.54 Å². The third kappa shape index (κ3) is 3.11. The molecule has 1 aliphatic rings. The van der Waals surface area contributed by atoms with E-state index in [0.29, 0.717) is 23.9 Å². The third-order valence-electron chi connectivity index (χ3n) is 3.36. The number of aromatic hydroxyl groups is 1. The number of likely N-dealkylation sites (tertiary alicyclic amines) is 1. The van der Waals surface area contributed by atoms with Crippen molar-refractivity contribution in [2.45, 2.75) is 19.4 Å². The molecular formula is C13H20N2O2. The summed E-state index contributed by atoms with van der Waals surface area (Å²) in [5.74, 6) is 0.664. The quantitative estimate of drug-likeness (QED) is 0.544. The Hall–Kier alpha value is -1.26. The maximum absolute atomic E-state index is 9.76. The van der Waals surface area contributed by atoms with E-state index in [9.17, 15) is 10.2 Å². The third-order valence-corrected chi connectivity index (χ3v) is 3.36. The van der Waals surface area contributed by atoms with E-state index in [2.05, 4.69) is 4.90 Å². The molecule has 4 nitrogen and oxygen atoms in total. The van der Waals surface area contributed by atoms with Gasteiger partial charge in [0.15, 0.2) is 0 Å². The number of nitrogens with zero attached hydrogens (tertiary/aromatic N) is 1. The molecule has 1 heterocycles. The molecule has 0 aromatic heterocycles. The van der Waals surface area contributed by atoms with Crippen molar-refractivity contribution in [3.8, 4) is 5.75 Å². The number of hydrogen-bond donors (Lipinski definition) is 3. The first kappa shape index (κ1) is 12.2. The molecule has 1 atom stereocenters. The minimum Gasteiger partial charge on any atom is -0.508 e. The minimum atomic E-state index is 0.249. The number of benzene rings is 1. The maximum atomic E-state index is 9.76. The van der Waals surface area contributed by atoms with Gasteiger partial charge in [-0.3, -0.25) is 4.90 Å². The summed E-state index contributed by atoms with van der Waals surface area (Å²) in [6.45, 7) is 2.86. The lowest BCUT2D eigenvalue weighted by molar-refractivity contribution is 0.115. The van der Waals surface area contributed by atoms with Gasteiger partial charge in [0.1, 0.15) is 5.75 Å². The summed E-state index contributed by atoms with van der Waals surface area (Å²) in [6.07, 6.45) is 2.20. The Bertz CT molecular complexity index is 382. The van der Waals surface area contributed by atoms with Crippen LogP contribution in [-0.4, -0.2) is 34.8 Å². The second-order valence-corrected chi connectivity index (χ2v) is 4.81. The molecule has 1 aromatic rings. The summed E-state index contributed by atoms with van der Waals surface area (Å²) in [7, 11) is 0. The second-order valence-electron chi connectivity index (χ2n) is 4.81. The fraction of sp³-hybridized carbons (Fsp3) is 0.538. The van der Waals surface area contributed by atoms with Crippen molar-refractivity contribution in [1.82, 2.24) is 4.90 Å². The average Bonchev–Trinajstić information content (AvgIpc) is 2.34. The van der Waals surface area contributed by atoms with Gasteiger partial charge in [-0.15, -0.1) is 0 Å². The van der Waals surface area contributed by atoms with Gasteiger partial charge in [-0.1, -0.05) is 0 Å². The molecule has 0 saturated carbocycles. The number of rotatable bonds is 3. The molecule has 1 saturated heterocycles. The number of anilines is 1. The molecule has 1 aromatic carbocycles. The summed E-state index contributed by atoms with van der Waals surface area (Å²) >= 11 is 0. The minimum absolute atomic E-state index is 0.249. The fourth-order valence-corrected chi connectivity index (χ4v) is 2.42. The zero-order valence-electron chi connectivity index (χ0n) is 9.97. The van der Waals surface area contributed by atoms with Crippen LogP contribution in [0.25, 0.3) is 0 Å². The van der Waals surface area contributed by atoms with Crippen molar-refractivity contribution < 1.29 is 10.2 Å². The number of phenolic OH excluding ortho intramolecular Hbond substituents is 1. The maximum Gasteiger partial charge on any atom is 0.120 e. The molecule has 17 heavy (non-hydrogen) atoms. The van der Waals surface area contributed by atoms with Crippen LogP contribution in [0.5, 0.6) is 5.75 Å². The molecule has 1 unspecified atom stereocenters. The smallest absolute Gasteiger partial charge is 0.120 e. The predicted octanol–water partition coefficient (Wildman–Crippen LogP) is 1.18. The first-order chi connectivity index (χ1) is 8.19. The van der Waals surface area contributed by atoms with E-state index in [4.69, 9.17) is 5.73 Å². The molecule has 2 rings (SSSR count). The van der Waals surface area contributed by atoms with Crippen LogP contribution in [0.3, 0.4) is 0 Å². The number of hydrogen-bond acceptors (Lipinski definition) is 4. The van der Waals surface area contributed by atoms with Crippen LogP contribution in [0.1, 0.15) is 18.4 Å². The van der Waals surface area contributed by atoms with Crippen molar-refractivity contribution in [2.24, 2.45) is 5.92 Å². The van der Waals surface area contributed by atoms with Gasteiger partial charge in [0.25, 0.3) is 0 Å². The molecule has 94 valence electrons. The molecule has 0 bridgehead atoms. The van der Waals surface area contributed by atoms with E-state index in [-0.39, 0.29) is 6.61 Å². The van der Waals surface area contributed by atoms with Crippen LogP contribution in [0.15, 0.2) is 18.2 Å². The van der Waals surface area contributed by atoms with Gasteiger partial charge in [0.2, 0.25) is 0 Å². The Labute approximate surface area is 102 Å². The fourth-order valence-electron chi connectivity index (χ4n) is 2.42. The number of aliphatic hydroxyl groups is 1. The van der Waals surface area contributed by atoms with Crippen molar-refractivity contribution in [3.05, 3.63) is 23.8 Å². The Balaban J connectivity index is 2.02. The van der Waals surface area contributed by atoms with Gasteiger partial charge in [-0.25, -0.2) is 0 Å². The molecule has 4 heteroatoms. The molecule has 0 amide bonds. The highest BCUT2D eigenvalue weighted by atomic mass is 16.3. The van der Waals surface area contributed by atoms with Crippen LogP contribution in [0.4, 0.5) is 5.69 Å². The van der Waals surface area contributed by atoms with E-state index in [1.165, 1.54) is 0 Å². The van der Waals surface area contributed by atoms with Crippen LogP contribution >= 0.6 is 0 Å². The number of nitrogen functional groups attached to an aromatic ring is 1. The average molecular weight is 236 g/mol. The molecule has 1 fully saturated rings. The Kier molecular flexibility index (Phi) is 3.86. The lowest BCUT2D eigenvalue weighted by atomic mass is 9.98. The van der Waals surface area contributed by atoms with E-state index in [0.717, 1.165) is 31.5 Å². The summed E-state index contributed by atoms with van der Waals surface area (Å²) in [6, 6.07) is 5.15. The van der Waals surface area contributed by atoms with Crippen molar-refractivity contribution in [1.29, 1.82) is 0 Å². The normalized spacial score (nSPS) is 21.6. The van der Waals surface area contributed by atoms with Crippen LogP contribution < -0.4 is 5.73 Å². The van der Waals surface area contributed by atoms with Crippen LogP contribution in [0, 0.1) is 5.92 Å². The Morgan fingerprint density at radius 3 is 3.00 bits per heavy atom. The molecule has 0 spiro atoms. The summed E-state index contributed by atoms with van der Waals surface area (Å²) in [4.78, 5) is 2.26. The van der Waals surface area contributed by atoms with Crippen molar-refractivity contribution >= 4 is 5.69 Å². The zero-order valence-corrected chi connectivity index (χ0v) is 9.97. The van der Waals surface area contributed by atoms with Gasteiger partial charge >= 0.3 is 0 Å². The number of aliphatic hydroxyl groups excluding tert-OH is 1. The number of phenols is 1. The van der Waals surface area contributed by atoms with E-state index < -0.39 is 0 Å².